The molecule has 6 rings (SSSR count). The van der Waals surface area contributed by atoms with Gasteiger partial charge in [0, 0.05) is 36.6 Å². The lowest BCUT2D eigenvalue weighted by molar-refractivity contribution is -0.0851. The van der Waals surface area contributed by atoms with Crippen LogP contribution < -0.4 is 16.0 Å². The fourth-order valence-electron chi connectivity index (χ4n) is 9.29. The number of aliphatic hydroxyl groups is 3. The summed E-state index contributed by atoms with van der Waals surface area (Å²) in [7, 11) is 0. The predicted octanol–water partition coefficient (Wildman–Crippen LogP) is 2.45. The molecule has 6 fully saturated rings. The highest BCUT2D eigenvalue weighted by molar-refractivity contribution is 5.14. The van der Waals surface area contributed by atoms with E-state index in [1.54, 1.807) is 0 Å². The lowest BCUT2D eigenvalue weighted by Crippen LogP contribution is -2.68. The highest BCUT2D eigenvalue weighted by Crippen LogP contribution is 2.51. The molecule has 6 nitrogen and oxygen atoms in total. The molecule has 194 valence electrons. The van der Waals surface area contributed by atoms with E-state index in [9.17, 15) is 15.3 Å². The molecule has 0 amide bonds. The summed E-state index contributed by atoms with van der Waals surface area (Å²) >= 11 is 0. The molecule has 6 unspecified atom stereocenters. The Balaban J connectivity index is 1.06. The van der Waals surface area contributed by atoms with Gasteiger partial charge < -0.3 is 31.3 Å². The van der Waals surface area contributed by atoms with Crippen molar-refractivity contribution in [3.63, 3.8) is 0 Å². The summed E-state index contributed by atoms with van der Waals surface area (Å²) in [6.45, 7) is 6.57. The Bertz CT molecular complexity index is 764. The van der Waals surface area contributed by atoms with E-state index in [0.717, 1.165) is 96.6 Å². The Kier molecular flexibility index (Phi) is 5.95. The minimum absolute atomic E-state index is 0.164. The van der Waals surface area contributed by atoms with Crippen LogP contribution in [0.25, 0.3) is 0 Å². The van der Waals surface area contributed by atoms with Gasteiger partial charge in [-0.2, -0.15) is 0 Å². The third-order valence-electron chi connectivity index (χ3n) is 11.5. The molecule has 0 aromatic carbocycles. The van der Waals surface area contributed by atoms with Gasteiger partial charge in [-0.3, -0.25) is 0 Å². The van der Waals surface area contributed by atoms with Crippen molar-refractivity contribution in [2.75, 3.05) is 13.1 Å². The maximum Gasteiger partial charge on any atom is 0.0842 e. The first-order chi connectivity index (χ1) is 16.1. The summed E-state index contributed by atoms with van der Waals surface area (Å²) in [5.41, 5.74) is -1.43. The molecule has 3 saturated heterocycles. The number of hydrogen-bond donors (Lipinski definition) is 6. The summed E-state index contributed by atoms with van der Waals surface area (Å²) < 4.78 is 0. The van der Waals surface area contributed by atoms with Crippen molar-refractivity contribution in [1.29, 1.82) is 0 Å². The molecule has 6 N–H and O–H groups in total. The van der Waals surface area contributed by atoms with Gasteiger partial charge in [-0.25, -0.2) is 0 Å². The third-order valence-corrected chi connectivity index (χ3v) is 11.5. The van der Waals surface area contributed by atoms with Crippen LogP contribution in [-0.2, 0) is 0 Å². The fraction of sp³-hybridized carbons (Fsp3) is 1.00. The summed E-state index contributed by atoms with van der Waals surface area (Å²) in [6, 6.07) is 0.960. The second kappa shape index (κ2) is 8.39. The SMILES string of the molecule is CC1(C)CN[C@H](C2(O)CCC(C3CN[C@H](C4(O)CCCC4C4C[C@@H](C5(O)CCCC5)N4)C3)C2)C1. The first-order valence-corrected chi connectivity index (χ1v) is 14.5. The summed E-state index contributed by atoms with van der Waals surface area (Å²) in [5.74, 6) is 1.40. The van der Waals surface area contributed by atoms with Crippen molar-refractivity contribution in [2.45, 2.75) is 138 Å². The monoisotopic (exact) mass is 475 g/mol. The van der Waals surface area contributed by atoms with Crippen molar-refractivity contribution < 1.29 is 15.3 Å². The van der Waals surface area contributed by atoms with Crippen LogP contribution in [0, 0.1) is 23.2 Å². The Morgan fingerprint density at radius 2 is 1.47 bits per heavy atom. The van der Waals surface area contributed by atoms with Crippen molar-refractivity contribution in [3.05, 3.63) is 0 Å². The van der Waals surface area contributed by atoms with E-state index in [1.807, 2.05) is 0 Å². The van der Waals surface area contributed by atoms with Crippen molar-refractivity contribution >= 4 is 0 Å². The van der Waals surface area contributed by atoms with Crippen LogP contribution in [0.3, 0.4) is 0 Å². The van der Waals surface area contributed by atoms with Crippen LogP contribution >= 0.6 is 0 Å². The van der Waals surface area contributed by atoms with Crippen molar-refractivity contribution in [3.8, 4) is 0 Å². The minimum atomic E-state index is -0.637. The molecule has 3 aliphatic heterocycles. The molecule has 6 heteroatoms. The number of hydrogen-bond acceptors (Lipinski definition) is 6. The highest BCUT2D eigenvalue weighted by atomic mass is 16.3. The molecule has 3 aliphatic carbocycles. The van der Waals surface area contributed by atoms with E-state index in [4.69, 9.17) is 0 Å². The molecule has 34 heavy (non-hydrogen) atoms. The molecule has 0 aromatic rings. The van der Waals surface area contributed by atoms with Gasteiger partial charge in [0.2, 0.25) is 0 Å². The van der Waals surface area contributed by atoms with Crippen molar-refractivity contribution in [1.82, 2.24) is 16.0 Å². The summed E-state index contributed by atoms with van der Waals surface area (Å²) in [4.78, 5) is 0. The number of nitrogens with one attached hydrogen (secondary N) is 3. The molecular formula is C28H49N3O3. The van der Waals surface area contributed by atoms with Crippen LogP contribution in [0.2, 0.25) is 0 Å². The molecule has 0 aromatic heterocycles. The van der Waals surface area contributed by atoms with E-state index in [1.165, 1.54) is 0 Å². The predicted molar refractivity (Wildman–Crippen MR) is 133 cm³/mol. The average Bonchev–Trinajstić information content (AvgIpc) is 3.53. The van der Waals surface area contributed by atoms with E-state index >= 15 is 0 Å². The van der Waals surface area contributed by atoms with Crippen LogP contribution in [-0.4, -0.2) is 69.4 Å². The lowest BCUT2D eigenvalue weighted by Gasteiger charge is -2.51. The Labute approximate surface area is 206 Å². The Morgan fingerprint density at radius 1 is 0.706 bits per heavy atom. The van der Waals surface area contributed by atoms with Crippen LogP contribution in [0.15, 0.2) is 0 Å². The fourth-order valence-corrected chi connectivity index (χ4v) is 9.29. The molecule has 6 aliphatic rings. The van der Waals surface area contributed by atoms with Gasteiger partial charge in [-0.1, -0.05) is 33.1 Å². The van der Waals surface area contributed by atoms with Crippen LogP contribution in [0.5, 0.6) is 0 Å². The zero-order chi connectivity index (χ0) is 23.8. The second-order valence-electron chi connectivity index (χ2n) is 14.2. The number of rotatable bonds is 5. The second-order valence-corrected chi connectivity index (χ2v) is 14.2. The third kappa shape index (κ3) is 3.99. The highest BCUT2D eigenvalue weighted by Gasteiger charge is 2.58. The molecule has 0 bridgehead atoms. The normalized spacial score (nSPS) is 52.3. The van der Waals surface area contributed by atoms with E-state index in [0.29, 0.717) is 17.9 Å². The van der Waals surface area contributed by atoms with Gasteiger partial charge in [0.1, 0.15) is 0 Å². The molecule has 0 spiro atoms. The van der Waals surface area contributed by atoms with Crippen molar-refractivity contribution in [2.24, 2.45) is 23.2 Å². The standard InChI is InChI=1S/C28H49N3O3/c1-25(2)15-24(30-17-25)27(33)11-7-18(14-27)19-12-23(29-16-19)28(34)10-5-6-20(28)21-13-22(31-21)26(32)8-3-4-9-26/h18-24,29-34H,3-17H2,1-2H3/t18?,19?,20?,21?,22-,23-,24-,27?,28?/m0/s1. The molecule has 9 atom stereocenters. The maximum absolute atomic E-state index is 12.0. The molecule has 3 saturated carbocycles. The smallest absolute Gasteiger partial charge is 0.0842 e. The largest absolute Gasteiger partial charge is 0.388 e. The molecular weight excluding hydrogens is 426 g/mol. The van der Waals surface area contributed by atoms with Gasteiger partial charge in [-0.05, 0) is 88.0 Å². The van der Waals surface area contributed by atoms with Gasteiger partial charge >= 0.3 is 0 Å². The van der Waals surface area contributed by atoms with Gasteiger partial charge in [0.15, 0.2) is 0 Å². The summed E-state index contributed by atoms with van der Waals surface area (Å²) in [5, 5.41) is 45.5. The maximum atomic E-state index is 12.0. The topological polar surface area (TPSA) is 96.8 Å². The lowest BCUT2D eigenvalue weighted by atomic mass is 9.70. The Hall–Kier alpha value is -0.240. The molecule has 0 radical (unpaired) electrons. The quantitative estimate of drug-likeness (QED) is 0.366. The first kappa shape index (κ1) is 24.1. The minimum Gasteiger partial charge on any atom is -0.388 e. The van der Waals surface area contributed by atoms with Gasteiger partial charge in [-0.15, -0.1) is 0 Å². The zero-order valence-electron chi connectivity index (χ0n) is 21.5. The zero-order valence-corrected chi connectivity index (χ0v) is 21.5. The van der Waals surface area contributed by atoms with Gasteiger partial charge in [0.05, 0.1) is 16.8 Å². The average molecular weight is 476 g/mol. The van der Waals surface area contributed by atoms with E-state index in [-0.39, 0.29) is 29.5 Å². The first-order valence-electron chi connectivity index (χ1n) is 14.5. The summed E-state index contributed by atoms with van der Waals surface area (Å²) in [6.07, 6.45) is 13.3. The Morgan fingerprint density at radius 3 is 2.18 bits per heavy atom. The molecule has 3 heterocycles. The van der Waals surface area contributed by atoms with Gasteiger partial charge in [0.25, 0.3) is 0 Å². The van der Waals surface area contributed by atoms with Crippen LogP contribution in [0.1, 0.15) is 97.3 Å². The van der Waals surface area contributed by atoms with E-state index in [2.05, 4.69) is 29.8 Å². The van der Waals surface area contributed by atoms with E-state index < -0.39 is 16.8 Å². The van der Waals surface area contributed by atoms with Crippen LogP contribution in [0.4, 0.5) is 0 Å².